The summed E-state index contributed by atoms with van der Waals surface area (Å²) in [6.07, 6.45) is 1.66. The largest absolute Gasteiger partial charge is 0.497 e. The summed E-state index contributed by atoms with van der Waals surface area (Å²) in [4.78, 5) is 39.0. The van der Waals surface area contributed by atoms with Crippen molar-refractivity contribution in [1.82, 2.24) is 4.90 Å². The summed E-state index contributed by atoms with van der Waals surface area (Å²) in [6, 6.07) is 21.1. The molecule has 1 fully saturated rings. The second kappa shape index (κ2) is 9.75. The Morgan fingerprint density at radius 3 is 2.18 bits per heavy atom. The number of methoxy groups -OCH3 is 1. The van der Waals surface area contributed by atoms with Crippen LogP contribution < -0.4 is 9.47 Å². The molecule has 0 N–H and O–H groups in total. The maximum Gasteiger partial charge on any atom is 0.343 e. The van der Waals surface area contributed by atoms with Gasteiger partial charge in [-0.15, -0.1) is 0 Å². The van der Waals surface area contributed by atoms with E-state index < -0.39 is 5.97 Å². The molecule has 3 aromatic rings. The smallest absolute Gasteiger partial charge is 0.343 e. The molecule has 0 unspecified atom stereocenters. The molecule has 6 nitrogen and oxygen atoms in total. The Bertz CT molecular complexity index is 1220. The van der Waals surface area contributed by atoms with Crippen LogP contribution >= 0.6 is 11.8 Å². The van der Waals surface area contributed by atoms with Crippen LogP contribution in [0.2, 0.25) is 0 Å². The van der Waals surface area contributed by atoms with Gasteiger partial charge in [-0.25, -0.2) is 4.79 Å². The van der Waals surface area contributed by atoms with Crippen molar-refractivity contribution in [3.8, 4) is 11.5 Å². The van der Waals surface area contributed by atoms with Crippen molar-refractivity contribution in [3.05, 3.63) is 100.0 Å². The number of amides is 2. The highest BCUT2D eigenvalue weighted by Gasteiger charge is 2.34. The predicted octanol–water partition coefficient (Wildman–Crippen LogP) is 5.46. The molecule has 0 spiro atoms. The van der Waals surface area contributed by atoms with Crippen molar-refractivity contribution in [2.45, 2.75) is 13.5 Å². The lowest BCUT2D eigenvalue weighted by molar-refractivity contribution is -0.123. The second-order valence-corrected chi connectivity index (χ2v) is 8.43. The van der Waals surface area contributed by atoms with Gasteiger partial charge in [0.2, 0.25) is 0 Å². The topological polar surface area (TPSA) is 72.9 Å². The molecule has 2 amide bonds. The van der Waals surface area contributed by atoms with E-state index in [1.165, 1.54) is 4.90 Å². The number of carbonyl (C=O) groups is 3. The van der Waals surface area contributed by atoms with Gasteiger partial charge in [0.25, 0.3) is 11.1 Å². The molecule has 0 radical (unpaired) electrons. The summed E-state index contributed by atoms with van der Waals surface area (Å²) in [7, 11) is 1.55. The highest BCUT2D eigenvalue weighted by molar-refractivity contribution is 8.18. The van der Waals surface area contributed by atoms with Crippen LogP contribution in [-0.4, -0.2) is 29.1 Å². The van der Waals surface area contributed by atoms with Gasteiger partial charge in [0, 0.05) is 0 Å². The Kier molecular flexibility index (Phi) is 6.60. The minimum absolute atomic E-state index is 0.239. The van der Waals surface area contributed by atoms with E-state index in [-0.39, 0.29) is 17.7 Å². The molecule has 0 aromatic heterocycles. The number of thioether (sulfide) groups is 1. The number of aryl methyl sites for hydroxylation is 1. The first kappa shape index (κ1) is 22.4. The lowest BCUT2D eigenvalue weighted by Crippen LogP contribution is -2.27. The fourth-order valence-electron chi connectivity index (χ4n) is 3.19. The van der Waals surface area contributed by atoms with Crippen molar-refractivity contribution in [1.29, 1.82) is 0 Å². The van der Waals surface area contributed by atoms with Gasteiger partial charge >= 0.3 is 5.97 Å². The summed E-state index contributed by atoms with van der Waals surface area (Å²) in [5.41, 5.74) is 3.14. The van der Waals surface area contributed by atoms with E-state index in [0.717, 1.165) is 28.5 Å². The van der Waals surface area contributed by atoms with E-state index in [0.29, 0.717) is 22.0 Å². The van der Waals surface area contributed by atoms with Gasteiger partial charge in [0.05, 0.1) is 24.1 Å². The quantitative estimate of drug-likeness (QED) is 0.277. The highest BCUT2D eigenvalue weighted by Crippen LogP contribution is 2.33. The molecular formula is C26H21NO5S. The van der Waals surface area contributed by atoms with E-state index >= 15 is 0 Å². The molecule has 0 aliphatic carbocycles. The fourth-order valence-corrected chi connectivity index (χ4v) is 4.03. The molecule has 1 aliphatic rings. The van der Waals surface area contributed by atoms with Crippen molar-refractivity contribution >= 4 is 35.0 Å². The normalized spacial score (nSPS) is 14.6. The van der Waals surface area contributed by atoms with E-state index in [9.17, 15) is 14.4 Å². The second-order valence-electron chi connectivity index (χ2n) is 7.44. The van der Waals surface area contributed by atoms with Gasteiger partial charge in [-0.3, -0.25) is 14.5 Å². The zero-order valence-electron chi connectivity index (χ0n) is 18.1. The number of ether oxygens (including phenoxy) is 2. The molecule has 1 saturated heterocycles. The van der Waals surface area contributed by atoms with Gasteiger partial charge in [0.15, 0.2) is 0 Å². The first-order valence-corrected chi connectivity index (χ1v) is 11.0. The molecule has 166 valence electrons. The van der Waals surface area contributed by atoms with Gasteiger partial charge in [-0.05, 0) is 72.3 Å². The van der Waals surface area contributed by atoms with E-state index in [4.69, 9.17) is 9.47 Å². The summed E-state index contributed by atoms with van der Waals surface area (Å²) in [6.45, 7) is 2.22. The Morgan fingerprint density at radius 2 is 1.55 bits per heavy atom. The van der Waals surface area contributed by atoms with E-state index in [2.05, 4.69) is 0 Å². The fraction of sp³-hybridized carbons (Fsp3) is 0.115. The number of imide groups is 1. The molecule has 0 bridgehead atoms. The monoisotopic (exact) mass is 459 g/mol. The molecule has 4 rings (SSSR count). The first-order chi connectivity index (χ1) is 15.9. The third-order valence-corrected chi connectivity index (χ3v) is 5.96. The van der Waals surface area contributed by atoms with E-state index in [1.54, 1.807) is 61.7 Å². The van der Waals surface area contributed by atoms with Crippen LogP contribution in [0.4, 0.5) is 4.79 Å². The van der Waals surface area contributed by atoms with Gasteiger partial charge < -0.3 is 9.47 Å². The number of esters is 1. The average Bonchev–Trinajstić information content (AvgIpc) is 3.09. The van der Waals surface area contributed by atoms with Crippen LogP contribution in [-0.2, 0) is 11.3 Å². The Morgan fingerprint density at radius 1 is 0.909 bits per heavy atom. The lowest BCUT2D eigenvalue weighted by Gasteiger charge is -2.12. The number of rotatable bonds is 6. The molecule has 1 heterocycles. The minimum Gasteiger partial charge on any atom is -0.497 e. The molecule has 3 aromatic carbocycles. The molecule has 0 atom stereocenters. The van der Waals surface area contributed by atoms with Crippen molar-refractivity contribution in [2.75, 3.05) is 7.11 Å². The number of benzene rings is 3. The number of carbonyl (C=O) groups excluding carboxylic acids is 3. The zero-order valence-corrected chi connectivity index (χ0v) is 18.9. The number of hydrogen-bond donors (Lipinski definition) is 0. The summed E-state index contributed by atoms with van der Waals surface area (Å²) in [5, 5.41) is -0.295. The standard InChI is InChI=1S/C26H21NO5S/c1-17-3-5-19(6-4-17)16-27-24(28)23(33-26(27)30)15-18-7-11-22(12-8-18)32-25(29)20-9-13-21(31-2)14-10-20/h3-15H,16H2,1-2H3/b23-15-. The predicted molar refractivity (Wildman–Crippen MR) is 127 cm³/mol. The van der Waals surface area contributed by atoms with Crippen molar-refractivity contribution in [2.24, 2.45) is 0 Å². The van der Waals surface area contributed by atoms with Crippen molar-refractivity contribution < 1.29 is 23.9 Å². The Balaban J connectivity index is 1.41. The van der Waals surface area contributed by atoms with Crippen LogP contribution in [0.5, 0.6) is 11.5 Å². The Labute approximate surface area is 195 Å². The summed E-state index contributed by atoms with van der Waals surface area (Å²) in [5.74, 6) is 0.225. The molecule has 33 heavy (non-hydrogen) atoms. The summed E-state index contributed by atoms with van der Waals surface area (Å²) < 4.78 is 10.5. The molecule has 7 heteroatoms. The lowest BCUT2D eigenvalue weighted by atomic mass is 10.1. The van der Waals surface area contributed by atoms with Crippen LogP contribution in [0.15, 0.2) is 77.7 Å². The third-order valence-electron chi connectivity index (χ3n) is 5.05. The molecule has 1 aliphatic heterocycles. The maximum atomic E-state index is 12.7. The van der Waals surface area contributed by atoms with E-state index in [1.807, 2.05) is 31.2 Å². The highest BCUT2D eigenvalue weighted by atomic mass is 32.2. The SMILES string of the molecule is COc1ccc(C(=O)Oc2ccc(/C=C3\SC(=O)N(Cc4ccc(C)cc4)C3=O)cc2)cc1. The summed E-state index contributed by atoms with van der Waals surface area (Å²) >= 11 is 0.917. The average molecular weight is 460 g/mol. The minimum atomic E-state index is -0.484. The van der Waals surface area contributed by atoms with Crippen LogP contribution in [0.1, 0.15) is 27.0 Å². The van der Waals surface area contributed by atoms with Gasteiger partial charge in [0.1, 0.15) is 11.5 Å². The van der Waals surface area contributed by atoms with Crippen LogP contribution in [0, 0.1) is 6.92 Å². The zero-order chi connectivity index (χ0) is 23.4. The number of nitrogens with zero attached hydrogens (tertiary/aromatic N) is 1. The van der Waals surface area contributed by atoms with Crippen molar-refractivity contribution in [3.63, 3.8) is 0 Å². The first-order valence-electron chi connectivity index (χ1n) is 10.2. The van der Waals surface area contributed by atoms with Crippen LogP contribution in [0.3, 0.4) is 0 Å². The molecular weight excluding hydrogens is 438 g/mol. The Hall–Kier alpha value is -3.84. The van der Waals surface area contributed by atoms with Gasteiger partial charge in [-0.1, -0.05) is 42.0 Å². The van der Waals surface area contributed by atoms with Crippen LogP contribution in [0.25, 0.3) is 6.08 Å². The van der Waals surface area contributed by atoms with Gasteiger partial charge in [-0.2, -0.15) is 0 Å². The maximum absolute atomic E-state index is 12.7. The number of hydrogen-bond acceptors (Lipinski definition) is 6. The molecule has 0 saturated carbocycles. The third kappa shape index (κ3) is 5.32.